The highest BCUT2D eigenvalue weighted by atomic mass is 32.1. The Bertz CT molecular complexity index is 465. The van der Waals surface area contributed by atoms with Crippen molar-refractivity contribution in [1.82, 2.24) is 4.98 Å². The monoisotopic (exact) mass is 208 g/mol. The van der Waals surface area contributed by atoms with Gasteiger partial charge >= 0.3 is 0 Å². The predicted molar refractivity (Wildman–Crippen MR) is 56.7 cm³/mol. The molecule has 0 aliphatic rings. The number of thiazole rings is 1. The van der Waals surface area contributed by atoms with Gasteiger partial charge in [0.15, 0.2) is 0 Å². The maximum Gasteiger partial charge on any atom is 0.123 e. The van der Waals surface area contributed by atoms with Crippen molar-refractivity contribution >= 4 is 16.3 Å². The van der Waals surface area contributed by atoms with Crippen LogP contribution in [0.2, 0.25) is 0 Å². The summed E-state index contributed by atoms with van der Waals surface area (Å²) in [6.45, 7) is 1.91. The summed E-state index contributed by atoms with van der Waals surface area (Å²) in [5.74, 6) is -0.266. The molecule has 0 saturated carbocycles. The van der Waals surface area contributed by atoms with Crippen LogP contribution in [0, 0.1) is 12.7 Å². The second-order valence-corrected chi connectivity index (χ2v) is 3.91. The molecule has 2 rings (SSSR count). The number of halogens is 1. The van der Waals surface area contributed by atoms with Crippen molar-refractivity contribution < 1.29 is 4.39 Å². The van der Waals surface area contributed by atoms with Gasteiger partial charge < -0.3 is 5.73 Å². The molecule has 2 nitrogen and oxygen atoms in total. The number of nitrogens with zero attached hydrogens (tertiary/aromatic N) is 1. The fourth-order valence-corrected chi connectivity index (χ4v) is 1.85. The van der Waals surface area contributed by atoms with Crippen LogP contribution < -0.4 is 5.73 Å². The Labute approximate surface area is 85.2 Å². The number of nitrogen functional groups attached to an aromatic ring is 1. The van der Waals surface area contributed by atoms with Crippen LogP contribution in [-0.2, 0) is 0 Å². The number of aromatic nitrogens is 1. The molecule has 1 aromatic carbocycles. The van der Waals surface area contributed by atoms with Crippen molar-refractivity contribution in [2.75, 3.05) is 5.73 Å². The summed E-state index contributed by atoms with van der Waals surface area (Å²) in [7, 11) is 0. The summed E-state index contributed by atoms with van der Waals surface area (Å²) in [4.78, 5) is 4.11. The van der Waals surface area contributed by atoms with Crippen LogP contribution in [0.4, 0.5) is 9.39 Å². The van der Waals surface area contributed by atoms with Gasteiger partial charge in [-0.1, -0.05) is 6.07 Å². The lowest BCUT2D eigenvalue weighted by atomic mass is 10.1. The molecule has 0 unspecified atom stereocenters. The SMILES string of the molecule is Cc1ccc(F)cc1-c1ncsc1N. The number of hydrogen-bond donors (Lipinski definition) is 1. The van der Waals surface area contributed by atoms with E-state index < -0.39 is 0 Å². The van der Waals surface area contributed by atoms with Crippen LogP contribution in [0.5, 0.6) is 0 Å². The van der Waals surface area contributed by atoms with E-state index in [1.165, 1.54) is 23.5 Å². The Hall–Kier alpha value is -1.42. The zero-order valence-corrected chi connectivity index (χ0v) is 8.44. The third-order valence-electron chi connectivity index (χ3n) is 2.05. The zero-order valence-electron chi connectivity index (χ0n) is 7.62. The summed E-state index contributed by atoms with van der Waals surface area (Å²) in [6.07, 6.45) is 0. The topological polar surface area (TPSA) is 38.9 Å². The molecule has 4 heteroatoms. The highest BCUT2D eigenvalue weighted by Crippen LogP contribution is 2.30. The van der Waals surface area contributed by atoms with Crippen LogP contribution in [0.25, 0.3) is 11.3 Å². The second-order valence-electron chi connectivity index (χ2n) is 3.02. The van der Waals surface area contributed by atoms with E-state index in [1.54, 1.807) is 11.6 Å². The van der Waals surface area contributed by atoms with E-state index in [0.717, 1.165) is 11.1 Å². The van der Waals surface area contributed by atoms with E-state index >= 15 is 0 Å². The zero-order chi connectivity index (χ0) is 10.1. The highest BCUT2D eigenvalue weighted by molar-refractivity contribution is 7.14. The number of rotatable bonds is 1. The average molecular weight is 208 g/mol. The number of nitrogens with two attached hydrogens (primary N) is 1. The highest BCUT2D eigenvalue weighted by Gasteiger charge is 2.09. The molecule has 0 radical (unpaired) electrons. The molecule has 2 N–H and O–H groups in total. The first-order chi connectivity index (χ1) is 6.68. The van der Waals surface area contributed by atoms with E-state index in [9.17, 15) is 4.39 Å². The number of benzene rings is 1. The Morgan fingerprint density at radius 3 is 2.86 bits per heavy atom. The van der Waals surface area contributed by atoms with Crippen LogP contribution in [0.1, 0.15) is 5.56 Å². The van der Waals surface area contributed by atoms with Crippen molar-refractivity contribution in [3.8, 4) is 11.3 Å². The van der Waals surface area contributed by atoms with Crippen LogP contribution in [-0.4, -0.2) is 4.98 Å². The van der Waals surface area contributed by atoms with Crippen molar-refractivity contribution in [3.63, 3.8) is 0 Å². The van der Waals surface area contributed by atoms with Gasteiger partial charge in [0.2, 0.25) is 0 Å². The molecule has 2 aromatic rings. The van der Waals surface area contributed by atoms with Gasteiger partial charge in [-0.2, -0.15) is 0 Å². The Morgan fingerprint density at radius 2 is 2.21 bits per heavy atom. The maximum absolute atomic E-state index is 13.0. The summed E-state index contributed by atoms with van der Waals surface area (Å²) in [6, 6.07) is 4.62. The number of aryl methyl sites for hydroxylation is 1. The quantitative estimate of drug-likeness (QED) is 0.782. The first-order valence-electron chi connectivity index (χ1n) is 4.14. The molecule has 0 atom stereocenters. The molecule has 0 saturated heterocycles. The van der Waals surface area contributed by atoms with Gasteiger partial charge in [0.25, 0.3) is 0 Å². The molecule has 0 spiro atoms. The maximum atomic E-state index is 13.0. The Kier molecular flexibility index (Phi) is 2.21. The van der Waals surface area contributed by atoms with Crippen molar-refractivity contribution in [1.29, 1.82) is 0 Å². The number of anilines is 1. The summed E-state index contributed by atoms with van der Waals surface area (Å²) in [5, 5.41) is 0.624. The third kappa shape index (κ3) is 1.48. The number of hydrogen-bond acceptors (Lipinski definition) is 3. The molecular weight excluding hydrogens is 199 g/mol. The lowest BCUT2D eigenvalue weighted by molar-refractivity contribution is 0.628. The molecular formula is C10H9FN2S. The average Bonchev–Trinajstić information content (AvgIpc) is 2.56. The fourth-order valence-electron chi connectivity index (χ4n) is 1.31. The standard InChI is InChI=1S/C10H9FN2S/c1-6-2-3-7(11)4-8(6)9-10(12)14-5-13-9/h2-5H,12H2,1H3. The van der Waals surface area contributed by atoms with Gasteiger partial charge in [0, 0.05) is 5.56 Å². The van der Waals surface area contributed by atoms with Crippen molar-refractivity contribution in [3.05, 3.63) is 35.1 Å². The van der Waals surface area contributed by atoms with Crippen LogP contribution in [0.15, 0.2) is 23.7 Å². The second kappa shape index (κ2) is 3.38. The minimum atomic E-state index is -0.266. The summed E-state index contributed by atoms with van der Waals surface area (Å²) in [5.41, 5.74) is 9.80. The molecule has 1 aromatic heterocycles. The van der Waals surface area contributed by atoms with Gasteiger partial charge in [-0.25, -0.2) is 9.37 Å². The molecule has 0 amide bonds. The van der Waals surface area contributed by atoms with E-state index in [-0.39, 0.29) is 5.82 Å². The van der Waals surface area contributed by atoms with Gasteiger partial charge in [0.1, 0.15) is 16.5 Å². The van der Waals surface area contributed by atoms with E-state index in [1.807, 2.05) is 6.92 Å². The third-order valence-corrected chi connectivity index (χ3v) is 2.71. The largest absolute Gasteiger partial charge is 0.389 e. The fraction of sp³-hybridized carbons (Fsp3) is 0.100. The van der Waals surface area contributed by atoms with Gasteiger partial charge in [-0.15, -0.1) is 11.3 Å². The smallest absolute Gasteiger partial charge is 0.123 e. The molecule has 0 aliphatic heterocycles. The van der Waals surface area contributed by atoms with Gasteiger partial charge in [-0.3, -0.25) is 0 Å². The minimum absolute atomic E-state index is 0.266. The molecule has 0 bridgehead atoms. The van der Waals surface area contributed by atoms with Crippen molar-refractivity contribution in [2.24, 2.45) is 0 Å². The molecule has 72 valence electrons. The Balaban J connectivity index is 2.62. The first kappa shape index (κ1) is 9.15. The lowest BCUT2D eigenvalue weighted by Crippen LogP contribution is -1.89. The van der Waals surface area contributed by atoms with Crippen LogP contribution >= 0.6 is 11.3 Å². The summed E-state index contributed by atoms with van der Waals surface area (Å²) < 4.78 is 13.0. The van der Waals surface area contributed by atoms with Crippen molar-refractivity contribution in [2.45, 2.75) is 6.92 Å². The predicted octanol–water partition coefficient (Wildman–Crippen LogP) is 2.84. The van der Waals surface area contributed by atoms with Crippen LogP contribution in [0.3, 0.4) is 0 Å². The molecule has 1 heterocycles. The molecule has 14 heavy (non-hydrogen) atoms. The minimum Gasteiger partial charge on any atom is -0.389 e. The molecule has 0 fully saturated rings. The molecule has 0 aliphatic carbocycles. The van der Waals surface area contributed by atoms with E-state index in [2.05, 4.69) is 4.98 Å². The Morgan fingerprint density at radius 1 is 1.43 bits per heavy atom. The summed E-state index contributed by atoms with van der Waals surface area (Å²) >= 11 is 1.36. The normalized spacial score (nSPS) is 10.4. The first-order valence-corrected chi connectivity index (χ1v) is 5.02. The van der Waals surface area contributed by atoms with Gasteiger partial charge in [0.05, 0.1) is 5.51 Å². The van der Waals surface area contributed by atoms with E-state index in [0.29, 0.717) is 10.7 Å². The van der Waals surface area contributed by atoms with E-state index in [4.69, 9.17) is 5.73 Å². The van der Waals surface area contributed by atoms with Gasteiger partial charge in [-0.05, 0) is 24.6 Å². The lowest BCUT2D eigenvalue weighted by Gasteiger charge is -2.03.